The second-order valence-corrected chi connectivity index (χ2v) is 16.9. The third-order valence-corrected chi connectivity index (χ3v) is 11.1. The minimum absolute atomic E-state index is 0.00500. The van der Waals surface area contributed by atoms with Gasteiger partial charge in [-0.2, -0.15) is 0 Å². The van der Waals surface area contributed by atoms with E-state index in [0.29, 0.717) is 19.3 Å². The number of carbonyl (C=O) groups is 2. The number of unbranched alkanes of at least 4 members (excludes halogenated alkanes) is 23. The molecule has 0 fully saturated rings. The van der Waals surface area contributed by atoms with E-state index in [0.717, 1.165) is 70.6 Å². The van der Waals surface area contributed by atoms with Crippen molar-refractivity contribution < 1.29 is 24.5 Å². The highest BCUT2D eigenvalue weighted by Gasteiger charge is 2.23. The van der Waals surface area contributed by atoms with Crippen LogP contribution in [0.5, 0.6) is 0 Å². The average Bonchev–Trinajstić information content (AvgIpc) is 3.23. The molecule has 0 aliphatic rings. The highest BCUT2D eigenvalue weighted by atomic mass is 16.5. The van der Waals surface area contributed by atoms with Gasteiger partial charge in [-0.1, -0.05) is 210 Å². The smallest absolute Gasteiger partial charge is 0.306 e. The summed E-state index contributed by atoms with van der Waals surface area (Å²) in [5.41, 5.74) is 0. The van der Waals surface area contributed by atoms with Crippen LogP contribution in [0.3, 0.4) is 0 Å². The van der Waals surface area contributed by atoms with Gasteiger partial charge in [-0.05, 0) is 70.6 Å². The minimum atomic E-state index is -0.813. The van der Waals surface area contributed by atoms with Gasteiger partial charge in [0, 0.05) is 12.8 Å². The molecule has 0 aliphatic heterocycles. The summed E-state index contributed by atoms with van der Waals surface area (Å²) in [5, 5.41) is 23.7. The molecule has 0 spiro atoms. The number of rotatable bonds is 44. The first-order valence-electron chi connectivity index (χ1n) is 25.0. The normalized spacial score (nSPS) is 13.8. The molecule has 3 atom stereocenters. The lowest BCUT2D eigenvalue weighted by Crippen LogP contribution is -2.46. The van der Waals surface area contributed by atoms with Crippen molar-refractivity contribution in [3.8, 4) is 0 Å². The van der Waals surface area contributed by atoms with E-state index in [1.165, 1.54) is 122 Å². The van der Waals surface area contributed by atoms with E-state index in [2.05, 4.69) is 74.7 Å². The molecule has 0 aromatic heterocycles. The molecule has 0 heterocycles. The molecule has 6 heteroatoms. The maximum Gasteiger partial charge on any atom is 0.306 e. The van der Waals surface area contributed by atoms with Crippen molar-refractivity contribution in [3.05, 3.63) is 60.8 Å². The standard InChI is InChI=1S/C53H95NO5/c1-4-7-10-13-16-19-22-24-26-27-30-32-35-38-41-44-49(59-53(58)46-43-40-37-34-31-28-25-23-20-17-14-11-8-5-2)47-52(57)54-50(48-55)51(56)45-42-39-36-33-29-21-18-15-12-9-6-3/h16,19,24,26,28,30-32,38,41,49-51,55-56H,4-15,17-18,20-23,25,27,29,33-37,39-40,42-48H2,1-3H3,(H,54,57)/b19-16-,26-24-,31-28-,32-30-,41-38-. The Morgan fingerprint density at radius 1 is 0.508 bits per heavy atom. The van der Waals surface area contributed by atoms with Crippen LogP contribution < -0.4 is 5.32 Å². The van der Waals surface area contributed by atoms with Crippen LogP contribution in [0.1, 0.15) is 239 Å². The zero-order chi connectivity index (χ0) is 43.1. The highest BCUT2D eigenvalue weighted by molar-refractivity contribution is 5.77. The van der Waals surface area contributed by atoms with Gasteiger partial charge in [-0.15, -0.1) is 0 Å². The molecule has 59 heavy (non-hydrogen) atoms. The van der Waals surface area contributed by atoms with Crippen LogP contribution in [0.15, 0.2) is 60.8 Å². The fraction of sp³-hybridized carbons (Fsp3) is 0.774. The Kier molecular flexibility index (Phi) is 44.7. The van der Waals surface area contributed by atoms with Gasteiger partial charge in [0.05, 0.1) is 25.2 Å². The van der Waals surface area contributed by atoms with E-state index >= 15 is 0 Å². The quantitative estimate of drug-likeness (QED) is 0.0323. The number of hydrogen-bond acceptors (Lipinski definition) is 5. The van der Waals surface area contributed by atoms with Gasteiger partial charge in [0.25, 0.3) is 0 Å². The van der Waals surface area contributed by atoms with Crippen molar-refractivity contribution in [3.63, 3.8) is 0 Å². The summed E-state index contributed by atoms with van der Waals surface area (Å²) >= 11 is 0. The molecular formula is C53H95NO5. The molecule has 0 radical (unpaired) electrons. The maximum atomic E-state index is 13.1. The Morgan fingerprint density at radius 3 is 1.41 bits per heavy atom. The molecule has 0 saturated heterocycles. The molecule has 1 amide bonds. The van der Waals surface area contributed by atoms with Gasteiger partial charge in [-0.3, -0.25) is 9.59 Å². The molecule has 342 valence electrons. The van der Waals surface area contributed by atoms with Gasteiger partial charge in [0.2, 0.25) is 5.91 Å². The lowest BCUT2D eigenvalue weighted by Gasteiger charge is -2.24. The zero-order valence-electron chi connectivity index (χ0n) is 38.9. The van der Waals surface area contributed by atoms with Crippen molar-refractivity contribution >= 4 is 11.9 Å². The summed E-state index contributed by atoms with van der Waals surface area (Å²) < 4.78 is 5.85. The van der Waals surface area contributed by atoms with E-state index in [1.807, 2.05) is 12.2 Å². The van der Waals surface area contributed by atoms with Crippen molar-refractivity contribution in [1.82, 2.24) is 5.32 Å². The summed E-state index contributed by atoms with van der Waals surface area (Å²) in [7, 11) is 0. The molecule has 0 saturated carbocycles. The fourth-order valence-corrected chi connectivity index (χ4v) is 7.23. The molecule has 3 N–H and O–H groups in total. The van der Waals surface area contributed by atoms with Gasteiger partial charge < -0.3 is 20.3 Å². The van der Waals surface area contributed by atoms with E-state index in [1.54, 1.807) is 0 Å². The van der Waals surface area contributed by atoms with Gasteiger partial charge in [0.15, 0.2) is 0 Å². The third-order valence-electron chi connectivity index (χ3n) is 11.1. The Hall–Kier alpha value is -2.44. The third kappa shape index (κ3) is 42.1. The summed E-state index contributed by atoms with van der Waals surface area (Å²) in [6.07, 6.45) is 57.2. The lowest BCUT2D eigenvalue weighted by atomic mass is 10.0. The van der Waals surface area contributed by atoms with Crippen LogP contribution in [0.2, 0.25) is 0 Å². The summed E-state index contributed by atoms with van der Waals surface area (Å²) in [4.78, 5) is 26.0. The molecule has 0 aliphatic carbocycles. The topological polar surface area (TPSA) is 95.9 Å². The van der Waals surface area contributed by atoms with Crippen LogP contribution in [0, 0.1) is 0 Å². The Balaban J connectivity index is 4.76. The number of allylic oxidation sites excluding steroid dienone is 9. The second-order valence-electron chi connectivity index (χ2n) is 16.9. The van der Waals surface area contributed by atoms with Crippen LogP contribution in [0.25, 0.3) is 0 Å². The van der Waals surface area contributed by atoms with Crippen LogP contribution in [-0.4, -0.2) is 46.9 Å². The van der Waals surface area contributed by atoms with Gasteiger partial charge in [-0.25, -0.2) is 0 Å². The monoisotopic (exact) mass is 826 g/mol. The summed E-state index contributed by atoms with van der Waals surface area (Å²) in [6.45, 7) is 6.41. The molecule has 6 nitrogen and oxygen atoms in total. The number of ether oxygens (including phenoxy) is 1. The van der Waals surface area contributed by atoms with Gasteiger partial charge >= 0.3 is 5.97 Å². The van der Waals surface area contributed by atoms with Crippen molar-refractivity contribution in [2.24, 2.45) is 0 Å². The van der Waals surface area contributed by atoms with Gasteiger partial charge in [0.1, 0.15) is 6.10 Å². The average molecular weight is 826 g/mol. The summed E-state index contributed by atoms with van der Waals surface area (Å²) in [5.74, 6) is -0.595. The van der Waals surface area contributed by atoms with Crippen molar-refractivity contribution in [1.29, 1.82) is 0 Å². The maximum absolute atomic E-state index is 13.1. The van der Waals surface area contributed by atoms with Crippen LogP contribution in [-0.2, 0) is 14.3 Å². The number of aliphatic hydroxyl groups is 2. The molecule has 0 rings (SSSR count). The molecule has 3 unspecified atom stereocenters. The number of esters is 1. The Morgan fingerprint density at radius 2 is 0.898 bits per heavy atom. The molecular weight excluding hydrogens is 731 g/mol. The minimum Gasteiger partial charge on any atom is -0.461 e. The SMILES string of the molecule is CCCCC/C=C\C/C=C\C/C=C\C/C=C\CC(CC(=O)NC(CO)C(O)CCCCCCCCCCCCC)OC(=O)CCCCC/C=C\CCCCCCCCC. The molecule has 0 aromatic rings. The number of nitrogens with one attached hydrogen (secondary N) is 1. The van der Waals surface area contributed by atoms with Crippen molar-refractivity contribution in [2.45, 2.75) is 257 Å². The lowest BCUT2D eigenvalue weighted by molar-refractivity contribution is -0.150. The zero-order valence-corrected chi connectivity index (χ0v) is 38.9. The number of hydrogen-bond donors (Lipinski definition) is 3. The highest BCUT2D eigenvalue weighted by Crippen LogP contribution is 2.16. The second kappa shape index (κ2) is 46.6. The van der Waals surface area contributed by atoms with E-state index in [4.69, 9.17) is 4.74 Å². The van der Waals surface area contributed by atoms with E-state index in [9.17, 15) is 19.8 Å². The largest absolute Gasteiger partial charge is 0.461 e. The predicted octanol–water partition coefficient (Wildman–Crippen LogP) is 14.8. The predicted molar refractivity (Wildman–Crippen MR) is 255 cm³/mol. The van der Waals surface area contributed by atoms with Crippen LogP contribution in [0.4, 0.5) is 0 Å². The van der Waals surface area contributed by atoms with Crippen LogP contribution >= 0.6 is 0 Å². The number of aliphatic hydroxyl groups excluding tert-OH is 2. The fourth-order valence-electron chi connectivity index (χ4n) is 7.23. The molecule has 0 bridgehead atoms. The van der Waals surface area contributed by atoms with E-state index < -0.39 is 18.2 Å². The number of amides is 1. The first kappa shape index (κ1) is 56.6. The number of carbonyl (C=O) groups excluding carboxylic acids is 2. The first-order valence-corrected chi connectivity index (χ1v) is 25.0. The van der Waals surface area contributed by atoms with E-state index in [-0.39, 0.29) is 24.9 Å². The van der Waals surface area contributed by atoms with Crippen molar-refractivity contribution in [2.75, 3.05) is 6.61 Å². The summed E-state index contributed by atoms with van der Waals surface area (Å²) in [6, 6.07) is -0.733. The Bertz CT molecular complexity index is 1060. The Labute approximate surface area is 365 Å². The molecule has 0 aromatic carbocycles. The first-order chi connectivity index (χ1) is 29.0.